The zero-order valence-corrected chi connectivity index (χ0v) is 13.7. The van der Waals surface area contributed by atoms with Crippen LogP contribution in [-0.2, 0) is 9.59 Å². The smallest absolute Gasteiger partial charge is 0.166 e. The zero-order valence-electron chi connectivity index (χ0n) is 13.7. The van der Waals surface area contributed by atoms with Crippen LogP contribution in [0.25, 0.3) is 0 Å². The molecular weight excluding hydrogens is 307 g/mol. The van der Waals surface area contributed by atoms with Crippen LogP contribution in [-0.4, -0.2) is 16.7 Å². The van der Waals surface area contributed by atoms with Crippen LogP contribution in [0, 0.1) is 17.2 Å². The van der Waals surface area contributed by atoms with Gasteiger partial charge in [0.2, 0.25) is 0 Å². The van der Waals surface area contributed by atoms with Gasteiger partial charge in [-0.3, -0.25) is 9.59 Å². The van der Waals surface area contributed by atoms with Crippen LogP contribution in [0.2, 0.25) is 0 Å². The number of carbonyl (C=O) groups excluding carboxylic acids is 2. The predicted octanol–water partition coefficient (Wildman–Crippen LogP) is 3.85. The molecule has 0 unspecified atom stereocenters. The number of Topliss-reactive ketones (excluding diaryl/α,β-unsaturated/α-hetero) is 1. The van der Waals surface area contributed by atoms with Gasteiger partial charge in [-0.2, -0.15) is 0 Å². The Labute approximate surface area is 140 Å². The van der Waals surface area contributed by atoms with Crippen molar-refractivity contribution in [3.05, 3.63) is 65.5 Å². The lowest BCUT2D eigenvalue weighted by atomic mass is 9.53. The molecule has 0 aromatic heterocycles. The third-order valence-electron chi connectivity index (χ3n) is 5.34. The molecule has 3 rings (SSSR count). The molecule has 0 heterocycles. The summed E-state index contributed by atoms with van der Waals surface area (Å²) in [6.45, 7) is 7.23. The molecule has 0 saturated heterocycles. The SMILES string of the molecule is C=CC1=CC[C@H]2C(=O)C=C(C)C(=O)[C@@]2(C)[C@H]1c1ccc(O)c(F)c1. The molecule has 4 heteroatoms. The number of carbonyl (C=O) groups is 2. The summed E-state index contributed by atoms with van der Waals surface area (Å²) in [7, 11) is 0. The van der Waals surface area contributed by atoms with Gasteiger partial charge in [0.25, 0.3) is 0 Å². The van der Waals surface area contributed by atoms with Crippen molar-refractivity contribution >= 4 is 11.6 Å². The van der Waals surface area contributed by atoms with Crippen LogP contribution >= 0.6 is 0 Å². The van der Waals surface area contributed by atoms with E-state index in [-0.39, 0.29) is 11.6 Å². The van der Waals surface area contributed by atoms with E-state index in [4.69, 9.17) is 0 Å². The molecule has 3 nitrogen and oxygen atoms in total. The first-order chi connectivity index (χ1) is 11.3. The highest BCUT2D eigenvalue weighted by Gasteiger charge is 2.54. The first-order valence-corrected chi connectivity index (χ1v) is 7.88. The third-order valence-corrected chi connectivity index (χ3v) is 5.34. The van der Waals surface area contributed by atoms with Crippen molar-refractivity contribution in [2.24, 2.45) is 11.3 Å². The maximum absolute atomic E-state index is 13.9. The van der Waals surface area contributed by atoms with Crippen molar-refractivity contribution in [1.82, 2.24) is 0 Å². The number of hydrogen-bond donors (Lipinski definition) is 1. The Morgan fingerprint density at radius 1 is 1.38 bits per heavy atom. The molecule has 2 aliphatic carbocycles. The number of aromatic hydroxyl groups is 1. The lowest BCUT2D eigenvalue weighted by Crippen LogP contribution is -2.49. The van der Waals surface area contributed by atoms with Gasteiger partial charge in [-0.05, 0) is 48.3 Å². The maximum atomic E-state index is 13.9. The first kappa shape index (κ1) is 16.4. The van der Waals surface area contributed by atoms with Crippen LogP contribution < -0.4 is 0 Å². The molecule has 0 aliphatic heterocycles. The highest BCUT2D eigenvalue weighted by Crippen LogP contribution is 2.55. The minimum atomic E-state index is -0.988. The molecule has 0 saturated carbocycles. The molecule has 0 radical (unpaired) electrons. The number of allylic oxidation sites excluding steroid dienone is 5. The Bertz CT molecular complexity index is 818. The summed E-state index contributed by atoms with van der Waals surface area (Å²) >= 11 is 0. The summed E-state index contributed by atoms with van der Waals surface area (Å²) in [5.74, 6) is -2.31. The molecule has 0 fully saturated rings. The third kappa shape index (κ3) is 2.17. The average Bonchev–Trinajstić information content (AvgIpc) is 2.54. The fraction of sp³-hybridized carbons (Fsp3) is 0.300. The summed E-state index contributed by atoms with van der Waals surface area (Å²) < 4.78 is 13.9. The van der Waals surface area contributed by atoms with E-state index in [0.717, 1.165) is 5.57 Å². The average molecular weight is 326 g/mol. The van der Waals surface area contributed by atoms with Gasteiger partial charge in [0.1, 0.15) is 0 Å². The lowest BCUT2D eigenvalue weighted by Gasteiger charge is -2.47. The van der Waals surface area contributed by atoms with Gasteiger partial charge in [0, 0.05) is 11.8 Å². The second kappa shape index (κ2) is 5.55. The molecule has 1 aromatic carbocycles. The number of phenolic OH excluding ortho intramolecular Hbond substituents is 1. The van der Waals surface area contributed by atoms with Crippen LogP contribution in [0.1, 0.15) is 31.7 Å². The fourth-order valence-corrected chi connectivity index (χ4v) is 4.11. The number of phenols is 1. The van der Waals surface area contributed by atoms with Crippen molar-refractivity contribution in [3.63, 3.8) is 0 Å². The van der Waals surface area contributed by atoms with Crippen molar-refractivity contribution in [2.75, 3.05) is 0 Å². The second-order valence-electron chi connectivity index (χ2n) is 6.68. The molecule has 2 aliphatic rings. The van der Waals surface area contributed by atoms with Gasteiger partial charge in [-0.15, -0.1) is 0 Å². The largest absolute Gasteiger partial charge is 0.505 e. The fourth-order valence-electron chi connectivity index (χ4n) is 4.11. The summed E-state index contributed by atoms with van der Waals surface area (Å²) in [6.07, 6.45) is 5.43. The van der Waals surface area contributed by atoms with E-state index < -0.39 is 28.8 Å². The van der Waals surface area contributed by atoms with Gasteiger partial charge in [-0.25, -0.2) is 4.39 Å². The van der Waals surface area contributed by atoms with Crippen molar-refractivity contribution < 1.29 is 19.1 Å². The minimum Gasteiger partial charge on any atom is -0.505 e. The number of fused-ring (bicyclic) bond motifs is 1. The van der Waals surface area contributed by atoms with Crippen molar-refractivity contribution in [3.8, 4) is 5.75 Å². The van der Waals surface area contributed by atoms with E-state index in [1.165, 1.54) is 18.2 Å². The molecule has 124 valence electrons. The quantitative estimate of drug-likeness (QED) is 0.898. The van der Waals surface area contributed by atoms with E-state index in [0.29, 0.717) is 17.6 Å². The van der Waals surface area contributed by atoms with Crippen molar-refractivity contribution in [2.45, 2.75) is 26.2 Å². The number of rotatable bonds is 2. The zero-order chi connectivity index (χ0) is 17.6. The number of halogens is 1. The van der Waals surface area contributed by atoms with E-state index in [9.17, 15) is 19.1 Å². The maximum Gasteiger partial charge on any atom is 0.166 e. The number of hydrogen-bond acceptors (Lipinski definition) is 3. The van der Waals surface area contributed by atoms with Gasteiger partial charge < -0.3 is 5.11 Å². The van der Waals surface area contributed by atoms with Gasteiger partial charge >= 0.3 is 0 Å². The van der Waals surface area contributed by atoms with E-state index in [1.54, 1.807) is 26.0 Å². The van der Waals surface area contributed by atoms with Crippen LogP contribution in [0.4, 0.5) is 4.39 Å². The van der Waals surface area contributed by atoms with E-state index >= 15 is 0 Å². The normalized spacial score (nSPS) is 29.6. The highest BCUT2D eigenvalue weighted by atomic mass is 19.1. The summed E-state index contributed by atoms with van der Waals surface area (Å²) in [4.78, 5) is 25.5. The van der Waals surface area contributed by atoms with Crippen LogP contribution in [0.3, 0.4) is 0 Å². The van der Waals surface area contributed by atoms with Crippen molar-refractivity contribution in [1.29, 1.82) is 0 Å². The van der Waals surface area contributed by atoms with E-state index in [1.807, 2.05) is 6.08 Å². The summed E-state index contributed by atoms with van der Waals surface area (Å²) in [5, 5.41) is 9.46. The predicted molar refractivity (Wildman–Crippen MR) is 89.1 cm³/mol. The second-order valence-corrected chi connectivity index (χ2v) is 6.68. The van der Waals surface area contributed by atoms with Crippen LogP contribution in [0.15, 0.2) is 54.2 Å². The molecule has 24 heavy (non-hydrogen) atoms. The lowest BCUT2D eigenvalue weighted by molar-refractivity contribution is -0.137. The Balaban J connectivity index is 2.24. The Kier molecular flexibility index (Phi) is 3.78. The summed E-state index contributed by atoms with van der Waals surface area (Å²) in [5.41, 5.74) is 0.792. The molecule has 1 N–H and O–H groups in total. The Morgan fingerprint density at radius 2 is 2.08 bits per heavy atom. The molecule has 0 spiro atoms. The van der Waals surface area contributed by atoms with Gasteiger partial charge in [0.15, 0.2) is 23.1 Å². The molecular formula is C20H19FO3. The molecule has 0 amide bonds. The standard InChI is InChI=1S/C20H19FO3/c1-4-12-5-7-14-17(23)9-11(2)19(24)20(14,3)18(12)13-6-8-16(22)15(21)10-13/h4-6,8-10,14,18,22H,1,7H2,2-3H3/t14-,18+,20+/m0/s1. The molecule has 1 aromatic rings. The highest BCUT2D eigenvalue weighted by molar-refractivity contribution is 6.13. The number of benzene rings is 1. The van der Waals surface area contributed by atoms with E-state index in [2.05, 4.69) is 6.58 Å². The number of ketones is 2. The van der Waals surface area contributed by atoms with Gasteiger partial charge in [-0.1, -0.05) is 31.7 Å². The van der Waals surface area contributed by atoms with Gasteiger partial charge in [0.05, 0.1) is 5.41 Å². The molecule has 3 atom stereocenters. The summed E-state index contributed by atoms with van der Waals surface area (Å²) in [6, 6.07) is 4.10. The van der Waals surface area contributed by atoms with Crippen LogP contribution in [0.5, 0.6) is 5.75 Å². The Morgan fingerprint density at radius 3 is 2.71 bits per heavy atom. The Hall–Kier alpha value is -2.49. The monoisotopic (exact) mass is 326 g/mol. The molecule has 0 bridgehead atoms. The first-order valence-electron chi connectivity index (χ1n) is 7.88. The minimum absolute atomic E-state index is 0.0711. The topological polar surface area (TPSA) is 54.4 Å².